The predicted molar refractivity (Wildman–Crippen MR) is 72.9 cm³/mol. The van der Waals surface area contributed by atoms with Gasteiger partial charge >= 0.3 is 0 Å². The molecule has 1 aromatic carbocycles. The molecule has 0 saturated carbocycles. The van der Waals surface area contributed by atoms with Gasteiger partial charge in [-0.1, -0.05) is 29.3 Å². The van der Waals surface area contributed by atoms with Crippen molar-refractivity contribution in [2.24, 2.45) is 7.05 Å². The molecule has 0 aliphatic carbocycles. The molecule has 0 unspecified atom stereocenters. The van der Waals surface area contributed by atoms with Crippen molar-refractivity contribution >= 4 is 23.2 Å². The van der Waals surface area contributed by atoms with Crippen LogP contribution in [0.25, 0.3) is 0 Å². The largest absolute Gasteiger partial charge is 0.321 e. The van der Waals surface area contributed by atoms with Crippen molar-refractivity contribution in [3.05, 3.63) is 46.0 Å². The molecule has 0 aliphatic rings. The summed E-state index contributed by atoms with van der Waals surface area (Å²) < 4.78 is 1.91. The fourth-order valence-electron chi connectivity index (χ4n) is 1.65. The fraction of sp³-hybridized carbons (Fsp3) is 0.333. The molecule has 1 heterocycles. The third-order valence-electron chi connectivity index (χ3n) is 2.69. The lowest BCUT2D eigenvalue weighted by atomic mass is 10.2. The Balaban J connectivity index is 1.84. The minimum absolute atomic E-state index is 0.649. The topological polar surface area (TPSA) is 42.7 Å². The zero-order valence-corrected chi connectivity index (χ0v) is 11.5. The molecule has 2 rings (SSSR count). The molecule has 6 heteroatoms. The third kappa shape index (κ3) is 3.22. The Hall–Kier alpha value is -1.10. The first-order chi connectivity index (χ1) is 8.68. The summed E-state index contributed by atoms with van der Waals surface area (Å²) in [7, 11) is 1.93. The van der Waals surface area contributed by atoms with Crippen molar-refractivity contribution < 1.29 is 0 Å². The molecule has 18 heavy (non-hydrogen) atoms. The first-order valence-corrected chi connectivity index (χ1v) is 6.40. The minimum Gasteiger partial charge on any atom is -0.321 e. The number of nitrogens with zero attached hydrogens (tertiary/aromatic N) is 3. The standard InChI is InChI=1S/C12H14Cl2N4/c1-18-8-16-17-12(18)5-6-15-7-9-10(13)3-2-4-11(9)14/h2-4,8,15H,5-7H2,1H3. The lowest BCUT2D eigenvalue weighted by molar-refractivity contribution is 0.654. The molecule has 0 amide bonds. The maximum Gasteiger partial charge on any atom is 0.133 e. The van der Waals surface area contributed by atoms with Gasteiger partial charge in [0.05, 0.1) is 0 Å². The van der Waals surface area contributed by atoms with E-state index >= 15 is 0 Å². The van der Waals surface area contributed by atoms with E-state index in [1.54, 1.807) is 6.33 Å². The van der Waals surface area contributed by atoms with Gasteiger partial charge < -0.3 is 9.88 Å². The second kappa shape index (κ2) is 6.18. The van der Waals surface area contributed by atoms with E-state index in [1.807, 2.05) is 29.8 Å². The molecule has 0 atom stereocenters. The quantitative estimate of drug-likeness (QED) is 0.858. The summed E-state index contributed by atoms with van der Waals surface area (Å²) in [6.07, 6.45) is 2.51. The van der Waals surface area contributed by atoms with Crippen molar-refractivity contribution in [2.45, 2.75) is 13.0 Å². The van der Waals surface area contributed by atoms with Gasteiger partial charge in [-0.25, -0.2) is 0 Å². The molecule has 96 valence electrons. The Morgan fingerprint density at radius 2 is 2.00 bits per heavy atom. The maximum atomic E-state index is 6.08. The molecule has 0 aliphatic heterocycles. The number of nitrogens with one attached hydrogen (secondary N) is 1. The van der Waals surface area contributed by atoms with Crippen LogP contribution in [-0.4, -0.2) is 21.3 Å². The predicted octanol–water partition coefficient (Wildman–Crippen LogP) is 2.45. The molecule has 1 aromatic heterocycles. The molecule has 1 N–H and O–H groups in total. The summed E-state index contributed by atoms with van der Waals surface area (Å²) in [5.74, 6) is 0.952. The zero-order valence-electron chi connectivity index (χ0n) is 10.0. The van der Waals surface area contributed by atoms with Crippen LogP contribution in [0, 0.1) is 0 Å². The number of aryl methyl sites for hydroxylation is 1. The molecule has 2 aromatic rings. The summed E-state index contributed by atoms with van der Waals surface area (Å²) in [5.41, 5.74) is 0.929. The van der Waals surface area contributed by atoms with Crippen LogP contribution in [-0.2, 0) is 20.0 Å². The number of rotatable bonds is 5. The number of hydrogen-bond acceptors (Lipinski definition) is 3. The number of halogens is 2. The molecular weight excluding hydrogens is 271 g/mol. The third-order valence-corrected chi connectivity index (χ3v) is 3.40. The van der Waals surface area contributed by atoms with E-state index in [-0.39, 0.29) is 0 Å². The van der Waals surface area contributed by atoms with Crippen LogP contribution >= 0.6 is 23.2 Å². The van der Waals surface area contributed by atoms with Gasteiger partial charge in [-0.2, -0.15) is 0 Å². The fourth-order valence-corrected chi connectivity index (χ4v) is 2.18. The van der Waals surface area contributed by atoms with Gasteiger partial charge in [-0.05, 0) is 12.1 Å². The zero-order chi connectivity index (χ0) is 13.0. The normalized spacial score (nSPS) is 10.8. The molecular formula is C12H14Cl2N4. The average molecular weight is 285 g/mol. The molecule has 0 saturated heterocycles. The monoisotopic (exact) mass is 284 g/mol. The molecule has 0 fully saturated rings. The Bertz CT molecular complexity index is 504. The van der Waals surface area contributed by atoms with Crippen LogP contribution in [0.5, 0.6) is 0 Å². The van der Waals surface area contributed by atoms with Gasteiger partial charge in [-0.15, -0.1) is 10.2 Å². The highest BCUT2D eigenvalue weighted by Gasteiger charge is 2.05. The van der Waals surface area contributed by atoms with Crippen LogP contribution in [0.15, 0.2) is 24.5 Å². The number of benzene rings is 1. The smallest absolute Gasteiger partial charge is 0.133 e. The van der Waals surface area contributed by atoms with Crippen LogP contribution in [0.1, 0.15) is 11.4 Å². The van der Waals surface area contributed by atoms with E-state index in [4.69, 9.17) is 23.2 Å². The minimum atomic E-state index is 0.649. The van der Waals surface area contributed by atoms with E-state index in [0.717, 1.165) is 24.4 Å². The molecule has 0 spiro atoms. The Kier molecular flexibility index (Phi) is 4.58. The second-order valence-electron chi connectivity index (χ2n) is 3.99. The summed E-state index contributed by atoms with van der Waals surface area (Å²) in [5, 5.41) is 12.5. The lowest BCUT2D eigenvalue weighted by Crippen LogP contribution is -2.18. The lowest BCUT2D eigenvalue weighted by Gasteiger charge is -2.08. The molecule has 0 bridgehead atoms. The van der Waals surface area contributed by atoms with E-state index in [2.05, 4.69) is 15.5 Å². The first-order valence-electron chi connectivity index (χ1n) is 5.65. The van der Waals surface area contributed by atoms with Gasteiger partial charge in [0.25, 0.3) is 0 Å². The van der Waals surface area contributed by atoms with Gasteiger partial charge in [-0.3, -0.25) is 0 Å². The second-order valence-corrected chi connectivity index (χ2v) is 4.80. The van der Waals surface area contributed by atoms with E-state index in [1.165, 1.54) is 0 Å². The van der Waals surface area contributed by atoms with Gasteiger partial charge in [0.1, 0.15) is 12.2 Å². The van der Waals surface area contributed by atoms with E-state index in [0.29, 0.717) is 16.6 Å². The van der Waals surface area contributed by atoms with E-state index in [9.17, 15) is 0 Å². The maximum absolute atomic E-state index is 6.08. The van der Waals surface area contributed by atoms with Gasteiger partial charge in [0.15, 0.2) is 0 Å². The summed E-state index contributed by atoms with van der Waals surface area (Å²) in [6, 6.07) is 5.52. The molecule has 0 radical (unpaired) electrons. The van der Waals surface area contributed by atoms with Gasteiger partial charge in [0, 0.05) is 42.2 Å². The van der Waals surface area contributed by atoms with Crippen molar-refractivity contribution in [3.63, 3.8) is 0 Å². The average Bonchev–Trinajstić information content (AvgIpc) is 2.73. The summed E-state index contributed by atoms with van der Waals surface area (Å²) >= 11 is 12.2. The van der Waals surface area contributed by atoms with Crippen LogP contribution < -0.4 is 5.32 Å². The Morgan fingerprint density at radius 3 is 2.61 bits per heavy atom. The Morgan fingerprint density at radius 1 is 1.28 bits per heavy atom. The highest BCUT2D eigenvalue weighted by molar-refractivity contribution is 6.35. The van der Waals surface area contributed by atoms with Crippen LogP contribution in [0.3, 0.4) is 0 Å². The summed E-state index contributed by atoms with van der Waals surface area (Å²) in [6.45, 7) is 1.45. The first kappa shape index (κ1) is 13.3. The molecule has 4 nitrogen and oxygen atoms in total. The van der Waals surface area contributed by atoms with E-state index < -0.39 is 0 Å². The SMILES string of the molecule is Cn1cnnc1CCNCc1c(Cl)cccc1Cl. The van der Waals surface area contributed by atoms with Crippen molar-refractivity contribution in [2.75, 3.05) is 6.54 Å². The van der Waals surface area contributed by atoms with Gasteiger partial charge in [0.2, 0.25) is 0 Å². The Labute approximate surface area is 116 Å². The highest BCUT2D eigenvalue weighted by atomic mass is 35.5. The van der Waals surface area contributed by atoms with Crippen molar-refractivity contribution in [1.82, 2.24) is 20.1 Å². The number of hydrogen-bond donors (Lipinski definition) is 1. The highest BCUT2D eigenvalue weighted by Crippen LogP contribution is 2.23. The van der Waals surface area contributed by atoms with Crippen LogP contribution in [0.4, 0.5) is 0 Å². The number of aromatic nitrogens is 3. The van der Waals surface area contributed by atoms with Crippen molar-refractivity contribution in [3.8, 4) is 0 Å². The van der Waals surface area contributed by atoms with Crippen LogP contribution in [0.2, 0.25) is 10.0 Å². The summed E-state index contributed by atoms with van der Waals surface area (Å²) in [4.78, 5) is 0. The van der Waals surface area contributed by atoms with Crippen molar-refractivity contribution in [1.29, 1.82) is 0 Å².